The Bertz CT molecular complexity index is 422. The van der Waals surface area contributed by atoms with Crippen LogP contribution in [0.2, 0.25) is 0 Å². The molecule has 3 heteroatoms. The molecule has 0 aliphatic heterocycles. The molecule has 0 saturated heterocycles. The molecule has 1 aromatic rings. The summed E-state index contributed by atoms with van der Waals surface area (Å²) in [4.78, 5) is 6.36. The van der Waals surface area contributed by atoms with Crippen LogP contribution >= 0.6 is 11.3 Å². The van der Waals surface area contributed by atoms with Crippen LogP contribution in [0.25, 0.3) is 0 Å². The molecule has 1 aliphatic carbocycles. The Kier molecular flexibility index (Phi) is 3.58. The van der Waals surface area contributed by atoms with Crippen LogP contribution < -0.4 is 5.32 Å². The summed E-state index contributed by atoms with van der Waals surface area (Å²) in [6.07, 6.45) is 2.62. The molecule has 0 aromatic carbocycles. The van der Waals surface area contributed by atoms with Gasteiger partial charge >= 0.3 is 0 Å². The van der Waals surface area contributed by atoms with Gasteiger partial charge in [0.1, 0.15) is 0 Å². The summed E-state index contributed by atoms with van der Waals surface area (Å²) in [5.41, 5.74) is 1.87. The van der Waals surface area contributed by atoms with Gasteiger partial charge in [-0.1, -0.05) is 20.8 Å². The third-order valence-electron chi connectivity index (χ3n) is 3.57. The minimum atomic E-state index is 0.169. The number of rotatable bonds is 4. The van der Waals surface area contributed by atoms with Gasteiger partial charge in [-0.3, -0.25) is 0 Å². The van der Waals surface area contributed by atoms with Crippen LogP contribution in [0.3, 0.4) is 0 Å². The van der Waals surface area contributed by atoms with Crippen molar-refractivity contribution in [2.75, 3.05) is 0 Å². The van der Waals surface area contributed by atoms with Gasteiger partial charge in [-0.05, 0) is 39.5 Å². The zero-order valence-electron chi connectivity index (χ0n) is 12.6. The van der Waals surface area contributed by atoms with Gasteiger partial charge in [0.15, 0.2) is 0 Å². The van der Waals surface area contributed by atoms with E-state index in [9.17, 15) is 0 Å². The van der Waals surface area contributed by atoms with Crippen molar-refractivity contribution in [3.63, 3.8) is 0 Å². The molecule has 0 unspecified atom stereocenters. The summed E-state index contributed by atoms with van der Waals surface area (Å²) in [5, 5.41) is 4.95. The van der Waals surface area contributed by atoms with E-state index in [1.165, 1.54) is 28.4 Å². The molecule has 0 spiro atoms. The van der Waals surface area contributed by atoms with E-state index in [2.05, 4.69) is 46.9 Å². The van der Waals surface area contributed by atoms with Crippen molar-refractivity contribution in [2.45, 2.75) is 77.8 Å². The molecule has 0 bridgehead atoms. The van der Waals surface area contributed by atoms with Crippen molar-refractivity contribution in [3.8, 4) is 0 Å². The Labute approximate surface area is 115 Å². The number of nitrogens with zero attached hydrogens (tertiary/aromatic N) is 1. The van der Waals surface area contributed by atoms with Gasteiger partial charge in [0.25, 0.3) is 0 Å². The Morgan fingerprint density at radius 3 is 2.39 bits per heavy atom. The molecule has 1 saturated carbocycles. The monoisotopic (exact) mass is 266 g/mol. The molecule has 1 N–H and O–H groups in total. The molecule has 1 fully saturated rings. The van der Waals surface area contributed by atoms with E-state index in [0.29, 0.717) is 11.3 Å². The lowest BCUT2D eigenvalue weighted by molar-refractivity contribution is 0.425. The van der Waals surface area contributed by atoms with Crippen molar-refractivity contribution in [2.24, 2.45) is 0 Å². The second kappa shape index (κ2) is 4.61. The van der Waals surface area contributed by atoms with Crippen molar-refractivity contribution < 1.29 is 0 Å². The van der Waals surface area contributed by atoms with Gasteiger partial charge in [-0.15, -0.1) is 11.3 Å². The van der Waals surface area contributed by atoms with E-state index in [1.807, 2.05) is 11.3 Å². The highest BCUT2D eigenvalue weighted by Gasteiger charge is 2.42. The fraction of sp³-hybridized carbons (Fsp3) is 0.800. The molecule has 1 aliphatic rings. The minimum Gasteiger partial charge on any atom is -0.307 e. The molecule has 2 nitrogen and oxygen atoms in total. The number of nitrogens with one attached hydrogen (secondary N) is 1. The first-order chi connectivity index (χ1) is 8.21. The maximum absolute atomic E-state index is 4.92. The second-order valence-electron chi connectivity index (χ2n) is 7.15. The van der Waals surface area contributed by atoms with Crippen molar-refractivity contribution in [1.29, 1.82) is 0 Å². The molecule has 102 valence electrons. The highest BCUT2D eigenvalue weighted by atomic mass is 32.1. The van der Waals surface area contributed by atoms with Crippen LogP contribution in [0.4, 0.5) is 0 Å². The molecular weight excluding hydrogens is 240 g/mol. The SMILES string of the molecule is CC(C)c1nc(C2(C)CC2)sc1CNC(C)(C)C. The van der Waals surface area contributed by atoms with E-state index < -0.39 is 0 Å². The average molecular weight is 266 g/mol. The summed E-state index contributed by atoms with van der Waals surface area (Å²) >= 11 is 1.92. The zero-order chi connectivity index (χ0) is 13.6. The Balaban J connectivity index is 2.19. The van der Waals surface area contributed by atoms with Crippen molar-refractivity contribution in [3.05, 3.63) is 15.6 Å². The standard InChI is InChI=1S/C15H26N2S/c1-10(2)12-11(9-16-14(3,4)5)18-13(17-12)15(6)7-8-15/h10,16H,7-9H2,1-6H3. The van der Waals surface area contributed by atoms with E-state index in [1.54, 1.807) is 0 Å². The van der Waals surface area contributed by atoms with E-state index in [0.717, 1.165) is 6.54 Å². The molecular formula is C15H26N2S. The lowest BCUT2D eigenvalue weighted by Crippen LogP contribution is -2.35. The highest BCUT2D eigenvalue weighted by Crippen LogP contribution is 2.49. The Morgan fingerprint density at radius 2 is 1.94 bits per heavy atom. The molecule has 1 aromatic heterocycles. The predicted molar refractivity (Wildman–Crippen MR) is 79.4 cm³/mol. The fourth-order valence-corrected chi connectivity index (χ4v) is 3.30. The predicted octanol–water partition coefficient (Wildman–Crippen LogP) is 4.21. The van der Waals surface area contributed by atoms with E-state index in [4.69, 9.17) is 4.98 Å². The van der Waals surface area contributed by atoms with Gasteiger partial charge in [0.05, 0.1) is 10.7 Å². The van der Waals surface area contributed by atoms with Gasteiger partial charge in [-0.2, -0.15) is 0 Å². The maximum Gasteiger partial charge on any atom is 0.0990 e. The van der Waals surface area contributed by atoms with Crippen LogP contribution in [0, 0.1) is 0 Å². The number of thiazole rings is 1. The Morgan fingerprint density at radius 1 is 1.33 bits per heavy atom. The van der Waals surface area contributed by atoms with Gasteiger partial charge in [-0.25, -0.2) is 4.98 Å². The van der Waals surface area contributed by atoms with Crippen molar-refractivity contribution in [1.82, 2.24) is 10.3 Å². The molecule has 1 heterocycles. The first-order valence-electron chi connectivity index (χ1n) is 6.96. The van der Waals surface area contributed by atoms with E-state index >= 15 is 0 Å². The second-order valence-corrected chi connectivity index (χ2v) is 8.23. The third-order valence-corrected chi connectivity index (χ3v) is 4.95. The van der Waals surface area contributed by atoms with Crippen LogP contribution in [0.15, 0.2) is 0 Å². The van der Waals surface area contributed by atoms with Crippen LogP contribution in [0.1, 0.15) is 75.9 Å². The smallest absolute Gasteiger partial charge is 0.0990 e. The quantitative estimate of drug-likeness (QED) is 0.883. The lowest BCUT2D eigenvalue weighted by atomic mass is 10.1. The summed E-state index contributed by atoms with van der Waals surface area (Å²) in [6, 6.07) is 0. The molecule has 0 amide bonds. The zero-order valence-corrected chi connectivity index (χ0v) is 13.4. The van der Waals surface area contributed by atoms with Crippen LogP contribution in [-0.4, -0.2) is 10.5 Å². The first kappa shape index (κ1) is 14.0. The number of hydrogen-bond donors (Lipinski definition) is 1. The molecule has 0 atom stereocenters. The topological polar surface area (TPSA) is 24.9 Å². The summed E-state index contributed by atoms with van der Waals surface area (Å²) < 4.78 is 0. The lowest BCUT2D eigenvalue weighted by Gasteiger charge is -2.20. The average Bonchev–Trinajstić information content (AvgIpc) is 2.82. The summed E-state index contributed by atoms with van der Waals surface area (Å²) in [7, 11) is 0. The van der Waals surface area contributed by atoms with Gasteiger partial charge in [0.2, 0.25) is 0 Å². The highest BCUT2D eigenvalue weighted by molar-refractivity contribution is 7.12. The fourth-order valence-electron chi connectivity index (χ4n) is 1.95. The molecule has 2 rings (SSSR count). The number of aromatic nitrogens is 1. The van der Waals surface area contributed by atoms with Crippen molar-refractivity contribution >= 4 is 11.3 Å². The third kappa shape index (κ3) is 3.12. The largest absolute Gasteiger partial charge is 0.307 e. The number of hydrogen-bond acceptors (Lipinski definition) is 3. The first-order valence-corrected chi connectivity index (χ1v) is 7.78. The minimum absolute atomic E-state index is 0.169. The van der Waals surface area contributed by atoms with Gasteiger partial charge < -0.3 is 5.32 Å². The Hall–Kier alpha value is -0.410. The van der Waals surface area contributed by atoms with Crippen LogP contribution in [0.5, 0.6) is 0 Å². The summed E-state index contributed by atoms with van der Waals surface area (Å²) in [5.74, 6) is 0.522. The normalized spacial score (nSPS) is 18.4. The van der Waals surface area contributed by atoms with Gasteiger partial charge in [0, 0.05) is 22.4 Å². The maximum atomic E-state index is 4.92. The molecule has 0 radical (unpaired) electrons. The summed E-state index contributed by atoms with van der Waals surface area (Å²) in [6.45, 7) is 14.4. The molecule has 18 heavy (non-hydrogen) atoms. The van der Waals surface area contributed by atoms with Crippen LogP contribution in [-0.2, 0) is 12.0 Å². The van der Waals surface area contributed by atoms with E-state index in [-0.39, 0.29) is 5.54 Å².